The van der Waals surface area contributed by atoms with Gasteiger partial charge >= 0.3 is 0 Å². The quantitative estimate of drug-likeness (QED) is 0.0978. The third kappa shape index (κ3) is 18.0. The molecule has 0 atom stereocenters. The van der Waals surface area contributed by atoms with Gasteiger partial charge in [0, 0.05) is 19.9 Å². The molecule has 0 unspecified atom stereocenters. The van der Waals surface area contributed by atoms with Crippen molar-refractivity contribution in [3.63, 3.8) is 0 Å². The molecule has 0 heterocycles. The van der Waals surface area contributed by atoms with Crippen LogP contribution in [0.25, 0.3) is 0 Å². The maximum absolute atomic E-state index is 11.8. The van der Waals surface area contributed by atoms with Gasteiger partial charge in [-0.25, -0.2) is 0 Å². The van der Waals surface area contributed by atoms with Crippen LogP contribution in [0, 0.1) is 0 Å². The first-order chi connectivity index (χ1) is 13.6. The van der Waals surface area contributed by atoms with Crippen LogP contribution in [-0.2, 0) is 9.63 Å². The van der Waals surface area contributed by atoms with E-state index in [1.807, 2.05) is 11.8 Å². The van der Waals surface area contributed by atoms with Gasteiger partial charge in [-0.3, -0.25) is 4.79 Å². The van der Waals surface area contributed by atoms with Gasteiger partial charge in [0.25, 0.3) is 5.91 Å². The van der Waals surface area contributed by atoms with Gasteiger partial charge in [0.1, 0.15) is 5.76 Å². The second kappa shape index (κ2) is 20.3. The summed E-state index contributed by atoms with van der Waals surface area (Å²) in [5.74, 6) is 1.88. The van der Waals surface area contributed by atoms with E-state index in [1.54, 1.807) is 13.1 Å². The number of hydrogen-bond donors (Lipinski definition) is 0. The first-order valence-electron chi connectivity index (χ1n) is 10.6. The van der Waals surface area contributed by atoms with Crippen molar-refractivity contribution in [1.29, 1.82) is 0 Å². The average Bonchev–Trinajstić information content (AvgIpc) is 2.68. The lowest BCUT2D eigenvalue weighted by Gasteiger charge is -2.18. The highest BCUT2D eigenvalue weighted by molar-refractivity contribution is 7.98. The van der Waals surface area contributed by atoms with Gasteiger partial charge in [0.05, 0.1) is 0 Å². The van der Waals surface area contributed by atoms with E-state index in [0.717, 1.165) is 19.3 Å². The second-order valence-electron chi connectivity index (χ2n) is 6.97. The largest absolute Gasteiger partial charge is 0.382 e. The van der Waals surface area contributed by atoms with Crippen LogP contribution < -0.4 is 0 Å². The molecule has 0 aliphatic heterocycles. The molecule has 0 aliphatic rings. The molecule has 0 radical (unpaired) electrons. The molecule has 0 saturated carbocycles. The number of amides is 1. The third-order valence-corrected chi connectivity index (χ3v) is 5.03. The number of nitrogens with zero attached hydrogens (tertiary/aromatic N) is 1. The van der Waals surface area contributed by atoms with Gasteiger partial charge in [-0.2, -0.15) is 16.8 Å². The summed E-state index contributed by atoms with van der Waals surface area (Å²) in [4.78, 5) is 17.2. The Morgan fingerprint density at radius 2 is 1.57 bits per heavy atom. The molecule has 28 heavy (non-hydrogen) atoms. The van der Waals surface area contributed by atoms with Gasteiger partial charge in [0.15, 0.2) is 0 Å². The number of carbonyl (C=O) groups is 1. The smallest absolute Gasteiger partial charge is 0.255 e. The number of thioether (sulfide) groups is 1. The zero-order chi connectivity index (χ0) is 20.9. The minimum atomic E-state index is -0.0415. The van der Waals surface area contributed by atoms with Crippen molar-refractivity contribution in [3.8, 4) is 0 Å². The molecule has 0 fully saturated rings. The molecule has 0 rings (SSSR count). The SMILES string of the molecule is C=CCCC(=O)N(C)OC(=C)CCCCCCC/C=C\C/C=C\CCCSC. The highest BCUT2D eigenvalue weighted by atomic mass is 32.2. The van der Waals surface area contributed by atoms with Gasteiger partial charge in [-0.05, 0) is 57.0 Å². The van der Waals surface area contributed by atoms with E-state index in [-0.39, 0.29) is 5.91 Å². The van der Waals surface area contributed by atoms with Crippen LogP contribution in [0.1, 0.15) is 77.0 Å². The van der Waals surface area contributed by atoms with Gasteiger partial charge in [-0.15, -0.1) is 6.58 Å². The Bertz CT molecular complexity index is 471. The number of hydrogen-bond acceptors (Lipinski definition) is 3. The highest BCUT2D eigenvalue weighted by Crippen LogP contribution is 2.13. The molecule has 4 heteroatoms. The van der Waals surface area contributed by atoms with Gasteiger partial charge in [-0.1, -0.05) is 56.2 Å². The van der Waals surface area contributed by atoms with E-state index in [4.69, 9.17) is 4.84 Å². The summed E-state index contributed by atoms with van der Waals surface area (Å²) >= 11 is 1.92. The first-order valence-corrected chi connectivity index (χ1v) is 12.0. The molecule has 0 bridgehead atoms. The molecule has 0 N–H and O–H groups in total. The Balaban J connectivity index is 3.49. The summed E-state index contributed by atoms with van der Waals surface area (Å²) in [6.45, 7) is 7.53. The van der Waals surface area contributed by atoms with Gasteiger partial charge < -0.3 is 4.84 Å². The predicted molar refractivity (Wildman–Crippen MR) is 125 cm³/mol. The minimum Gasteiger partial charge on any atom is -0.382 e. The monoisotopic (exact) mass is 407 g/mol. The van der Waals surface area contributed by atoms with Crippen molar-refractivity contribution in [1.82, 2.24) is 5.06 Å². The number of allylic oxidation sites excluding steroid dienone is 6. The molecule has 0 spiro atoms. The zero-order valence-electron chi connectivity index (χ0n) is 18.2. The molecule has 160 valence electrons. The van der Waals surface area contributed by atoms with Crippen molar-refractivity contribution in [2.45, 2.75) is 77.0 Å². The van der Waals surface area contributed by atoms with Crippen molar-refractivity contribution < 1.29 is 9.63 Å². The molecule has 0 aromatic rings. The number of rotatable bonds is 19. The van der Waals surface area contributed by atoms with E-state index < -0.39 is 0 Å². The minimum absolute atomic E-state index is 0.0415. The Morgan fingerprint density at radius 3 is 2.25 bits per heavy atom. The van der Waals surface area contributed by atoms with E-state index in [0.29, 0.717) is 18.6 Å². The van der Waals surface area contributed by atoms with Crippen LogP contribution >= 0.6 is 11.8 Å². The molecule has 0 saturated heterocycles. The Hall–Kier alpha value is -1.42. The summed E-state index contributed by atoms with van der Waals surface area (Å²) in [5.41, 5.74) is 0. The topological polar surface area (TPSA) is 29.5 Å². The molecule has 3 nitrogen and oxygen atoms in total. The number of carbonyl (C=O) groups excluding carboxylic acids is 1. The first kappa shape index (κ1) is 26.6. The molecular weight excluding hydrogens is 366 g/mol. The fraction of sp³-hybridized carbons (Fsp3) is 0.625. The highest BCUT2D eigenvalue weighted by Gasteiger charge is 2.09. The standard InChI is InChI=1S/C24H41NO2S/c1-5-6-21-24(26)25(3)27-23(2)20-18-16-14-12-10-8-7-9-11-13-15-17-19-22-28-4/h5,7,9,13,15H,1-2,6,8,10-12,14,16-22H2,3-4H3/b9-7-,15-13-. The second-order valence-corrected chi connectivity index (χ2v) is 7.95. The van der Waals surface area contributed by atoms with E-state index >= 15 is 0 Å². The fourth-order valence-corrected chi connectivity index (χ4v) is 3.10. The molecule has 0 aromatic heterocycles. The van der Waals surface area contributed by atoms with Crippen molar-refractivity contribution >= 4 is 17.7 Å². The molecule has 0 aromatic carbocycles. The lowest BCUT2D eigenvalue weighted by Crippen LogP contribution is -2.26. The number of unbranched alkanes of at least 4 members (excludes halogenated alkanes) is 6. The normalized spacial score (nSPS) is 11.2. The lowest BCUT2D eigenvalue weighted by atomic mass is 10.1. The molecule has 1 amide bonds. The predicted octanol–water partition coefficient (Wildman–Crippen LogP) is 7.23. The van der Waals surface area contributed by atoms with E-state index in [9.17, 15) is 4.79 Å². The maximum atomic E-state index is 11.8. The summed E-state index contributed by atoms with van der Waals surface area (Å²) in [7, 11) is 1.64. The average molecular weight is 408 g/mol. The summed E-state index contributed by atoms with van der Waals surface area (Å²) in [6, 6.07) is 0. The van der Waals surface area contributed by atoms with Crippen molar-refractivity contribution in [3.05, 3.63) is 49.3 Å². The fourth-order valence-electron chi connectivity index (χ4n) is 2.64. The van der Waals surface area contributed by atoms with E-state index in [2.05, 4.69) is 43.7 Å². The van der Waals surface area contributed by atoms with Crippen LogP contribution in [-0.4, -0.2) is 30.0 Å². The van der Waals surface area contributed by atoms with Crippen molar-refractivity contribution in [2.24, 2.45) is 0 Å². The van der Waals surface area contributed by atoms with Crippen LogP contribution in [0.3, 0.4) is 0 Å². The van der Waals surface area contributed by atoms with Crippen LogP contribution in [0.15, 0.2) is 49.3 Å². The molecule has 0 aliphatic carbocycles. The van der Waals surface area contributed by atoms with Gasteiger partial charge in [0.2, 0.25) is 0 Å². The third-order valence-electron chi connectivity index (χ3n) is 4.33. The van der Waals surface area contributed by atoms with Crippen molar-refractivity contribution in [2.75, 3.05) is 19.1 Å². The summed E-state index contributed by atoms with van der Waals surface area (Å²) < 4.78 is 0. The Morgan fingerprint density at radius 1 is 0.929 bits per heavy atom. The zero-order valence-corrected chi connectivity index (χ0v) is 19.0. The Labute approximate surface area is 177 Å². The molecular formula is C24H41NO2S. The van der Waals surface area contributed by atoms with Crippen LogP contribution in [0.4, 0.5) is 0 Å². The van der Waals surface area contributed by atoms with Crippen LogP contribution in [0.5, 0.6) is 0 Å². The summed E-state index contributed by atoms with van der Waals surface area (Å²) in [5, 5.41) is 1.29. The Kier molecular flexibility index (Phi) is 19.3. The number of hydroxylamine groups is 2. The summed E-state index contributed by atoms with van der Waals surface area (Å²) in [6.07, 6.45) is 25.7. The van der Waals surface area contributed by atoms with E-state index in [1.165, 1.54) is 55.8 Å². The maximum Gasteiger partial charge on any atom is 0.255 e. The van der Waals surface area contributed by atoms with Crippen LogP contribution in [0.2, 0.25) is 0 Å². The lowest BCUT2D eigenvalue weighted by molar-refractivity contribution is -0.166.